The predicted octanol–water partition coefficient (Wildman–Crippen LogP) is 2.50. The molecule has 1 heterocycles. The first-order valence-electron chi connectivity index (χ1n) is 6.73. The maximum absolute atomic E-state index is 5.56. The summed E-state index contributed by atoms with van der Waals surface area (Å²) < 4.78 is 16.0. The summed E-state index contributed by atoms with van der Waals surface area (Å²) >= 11 is 0. The number of ether oxygens (including phenoxy) is 2. The molecule has 0 fully saturated rings. The second-order valence-electron chi connectivity index (χ2n) is 4.42. The summed E-state index contributed by atoms with van der Waals surface area (Å²) in [5.74, 6) is 1.83. The van der Waals surface area contributed by atoms with E-state index in [0.717, 1.165) is 12.2 Å². The second kappa shape index (κ2) is 6.94. The zero-order chi connectivity index (χ0) is 15.2. The highest BCUT2D eigenvalue weighted by molar-refractivity contribution is 5.58. The molecule has 1 unspecified atom stereocenters. The molecule has 0 bridgehead atoms. The molecular weight excluding hydrogens is 272 g/mol. The van der Waals surface area contributed by atoms with E-state index in [-0.39, 0.29) is 6.04 Å². The Kier molecular flexibility index (Phi) is 4.99. The number of aromatic nitrogens is 2. The molecule has 2 rings (SSSR count). The van der Waals surface area contributed by atoms with Crippen molar-refractivity contribution in [3.8, 4) is 11.5 Å². The minimum absolute atomic E-state index is 0.0171. The molecule has 7 heteroatoms. The first-order valence-corrected chi connectivity index (χ1v) is 6.73. The predicted molar refractivity (Wildman–Crippen MR) is 79.2 cm³/mol. The Balaban J connectivity index is 2.11. The summed E-state index contributed by atoms with van der Waals surface area (Å²) in [6.07, 6.45) is 0. The zero-order valence-corrected chi connectivity index (χ0v) is 12.6. The third kappa shape index (κ3) is 3.63. The Morgan fingerprint density at radius 3 is 2.62 bits per heavy atom. The molecule has 0 saturated carbocycles. The number of nitrogens with one attached hydrogen (secondary N) is 2. The molecule has 2 aromatic rings. The normalized spacial score (nSPS) is 12.0. The van der Waals surface area contributed by atoms with Crippen molar-refractivity contribution in [3.05, 3.63) is 24.1 Å². The van der Waals surface area contributed by atoms with Crippen molar-refractivity contribution >= 4 is 11.7 Å². The Hall–Kier alpha value is -2.28. The van der Waals surface area contributed by atoms with E-state index in [1.807, 2.05) is 19.9 Å². The minimum Gasteiger partial charge on any atom is -0.493 e. The van der Waals surface area contributed by atoms with Gasteiger partial charge in [0.15, 0.2) is 11.5 Å². The number of benzene rings is 1. The highest BCUT2D eigenvalue weighted by Crippen LogP contribution is 2.31. The first kappa shape index (κ1) is 15.1. The summed E-state index contributed by atoms with van der Waals surface area (Å²) in [5, 5.41) is 14.2. The third-order valence-electron chi connectivity index (χ3n) is 2.96. The van der Waals surface area contributed by atoms with E-state index >= 15 is 0 Å². The van der Waals surface area contributed by atoms with Crippen molar-refractivity contribution in [2.75, 3.05) is 26.1 Å². The number of hydrogen-bond acceptors (Lipinski definition) is 7. The molecule has 0 amide bonds. The van der Waals surface area contributed by atoms with Gasteiger partial charge in [-0.25, -0.2) is 0 Å². The average Bonchev–Trinajstić information content (AvgIpc) is 2.96. The SMILES string of the molecule is CCNC(C)c1nnc(Nc2ccc(OC)c(OC)c2)o1. The third-order valence-corrected chi connectivity index (χ3v) is 2.96. The van der Waals surface area contributed by atoms with E-state index < -0.39 is 0 Å². The van der Waals surface area contributed by atoms with Crippen molar-refractivity contribution < 1.29 is 13.9 Å². The van der Waals surface area contributed by atoms with Gasteiger partial charge in [-0.2, -0.15) is 0 Å². The Morgan fingerprint density at radius 2 is 1.95 bits per heavy atom. The average molecular weight is 292 g/mol. The molecule has 2 N–H and O–H groups in total. The van der Waals surface area contributed by atoms with Gasteiger partial charge in [0.25, 0.3) is 0 Å². The number of anilines is 2. The van der Waals surface area contributed by atoms with Gasteiger partial charge >= 0.3 is 6.01 Å². The quantitative estimate of drug-likeness (QED) is 0.811. The van der Waals surface area contributed by atoms with E-state index in [1.54, 1.807) is 26.4 Å². The molecule has 114 valence electrons. The molecule has 0 spiro atoms. The zero-order valence-electron chi connectivity index (χ0n) is 12.6. The topological polar surface area (TPSA) is 81.4 Å². The van der Waals surface area contributed by atoms with Crippen LogP contribution in [0, 0.1) is 0 Å². The Morgan fingerprint density at radius 1 is 1.19 bits per heavy atom. The van der Waals surface area contributed by atoms with Crippen LogP contribution in [0.2, 0.25) is 0 Å². The van der Waals surface area contributed by atoms with Gasteiger partial charge in [-0.1, -0.05) is 12.0 Å². The summed E-state index contributed by atoms with van der Waals surface area (Å²) in [5.41, 5.74) is 0.777. The molecule has 1 aromatic carbocycles. The van der Waals surface area contributed by atoms with Crippen LogP contribution >= 0.6 is 0 Å². The van der Waals surface area contributed by atoms with Crippen LogP contribution in [0.1, 0.15) is 25.8 Å². The van der Waals surface area contributed by atoms with Gasteiger partial charge in [-0.15, -0.1) is 5.10 Å². The van der Waals surface area contributed by atoms with Crippen molar-refractivity contribution in [1.29, 1.82) is 0 Å². The molecular formula is C14H20N4O3. The van der Waals surface area contributed by atoms with Gasteiger partial charge in [0.1, 0.15) is 0 Å². The molecule has 0 aliphatic rings. The van der Waals surface area contributed by atoms with Gasteiger partial charge in [0.2, 0.25) is 5.89 Å². The summed E-state index contributed by atoms with van der Waals surface area (Å²) in [6.45, 7) is 4.83. The number of nitrogens with zero attached hydrogens (tertiary/aromatic N) is 2. The molecule has 0 radical (unpaired) electrons. The number of methoxy groups -OCH3 is 2. The molecule has 7 nitrogen and oxygen atoms in total. The van der Waals surface area contributed by atoms with Crippen molar-refractivity contribution in [3.63, 3.8) is 0 Å². The molecule has 0 aliphatic carbocycles. The lowest BCUT2D eigenvalue weighted by Gasteiger charge is -2.09. The van der Waals surface area contributed by atoms with Crippen molar-refractivity contribution in [2.45, 2.75) is 19.9 Å². The van der Waals surface area contributed by atoms with Crippen LogP contribution in [0.3, 0.4) is 0 Å². The molecule has 0 aliphatic heterocycles. The minimum atomic E-state index is 0.0171. The first-order chi connectivity index (χ1) is 10.2. The number of hydrogen-bond donors (Lipinski definition) is 2. The second-order valence-corrected chi connectivity index (χ2v) is 4.42. The van der Waals surface area contributed by atoms with Crippen molar-refractivity contribution in [1.82, 2.24) is 15.5 Å². The molecule has 1 atom stereocenters. The highest BCUT2D eigenvalue weighted by atomic mass is 16.5. The van der Waals surface area contributed by atoms with Crippen LogP contribution in [0.4, 0.5) is 11.7 Å². The van der Waals surface area contributed by atoms with E-state index in [2.05, 4.69) is 20.8 Å². The van der Waals surface area contributed by atoms with Crippen LogP contribution in [-0.4, -0.2) is 31.0 Å². The van der Waals surface area contributed by atoms with Crippen molar-refractivity contribution in [2.24, 2.45) is 0 Å². The fourth-order valence-corrected chi connectivity index (χ4v) is 1.89. The maximum Gasteiger partial charge on any atom is 0.320 e. The van der Waals surface area contributed by atoms with Gasteiger partial charge in [0.05, 0.1) is 20.3 Å². The smallest absolute Gasteiger partial charge is 0.320 e. The Bertz CT molecular complexity index is 585. The number of rotatable bonds is 7. The summed E-state index contributed by atoms with van der Waals surface area (Å²) in [4.78, 5) is 0. The monoisotopic (exact) mass is 292 g/mol. The largest absolute Gasteiger partial charge is 0.493 e. The Labute approximate surface area is 123 Å². The summed E-state index contributed by atoms with van der Waals surface area (Å²) in [7, 11) is 3.18. The fourth-order valence-electron chi connectivity index (χ4n) is 1.89. The van der Waals surface area contributed by atoms with E-state index in [4.69, 9.17) is 13.9 Å². The summed E-state index contributed by atoms with van der Waals surface area (Å²) in [6, 6.07) is 5.81. The van der Waals surface area contributed by atoms with E-state index in [0.29, 0.717) is 23.4 Å². The molecule has 1 aromatic heterocycles. The molecule has 0 saturated heterocycles. The van der Waals surface area contributed by atoms with Gasteiger partial charge in [-0.3, -0.25) is 0 Å². The van der Waals surface area contributed by atoms with Crippen LogP contribution in [-0.2, 0) is 0 Å². The lowest BCUT2D eigenvalue weighted by molar-refractivity contribution is 0.355. The molecule has 21 heavy (non-hydrogen) atoms. The van der Waals surface area contributed by atoms with E-state index in [9.17, 15) is 0 Å². The van der Waals surface area contributed by atoms with E-state index in [1.165, 1.54) is 0 Å². The van der Waals surface area contributed by atoms with Gasteiger partial charge in [-0.05, 0) is 25.6 Å². The lowest BCUT2D eigenvalue weighted by Crippen LogP contribution is -2.17. The highest BCUT2D eigenvalue weighted by Gasteiger charge is 2.13. The maximum atomic E-state index is 5.56. The van der Waals surface area contributed by atoms with Crippen LogP contribution in [0.5, 0.6) is 11.5 Å². The lowest BCUT2D eigenvalue weighted by atomic mass is 10.3. The van der Waals surface area contributed by atoms with Crippen LogP contribution < -0.4 is 20.1 Å². The van der Waals surface area contributed by atoms with Gasteiger partial charge in [0, 0.05) is 11.8 Å². The standard InChI is InChI=1S/C14H20N4O3/c1-5-15-9(2)13-17-18-14(21-13)16-10-6-7-11(19-3)12(8-10)20-4/h6-9,15H,5H2,1-4H3,(H,16,18). The van der Waals surface area contributed by atoms with Crippen LogP contribution in [0.15, 0.2) is 22.6 Å². The van der Waals surface area contributed by atoms with Crippen LogP contribution in [0.25, 0.3) is 0 Å². The van der Waals surface area contributed by atoms with Gasteiger partial charge < -0.3 is 24.5 Å². The fraction of sp³-hybridized carbons (Fsp3) is 0.429.